The van der Waals surface area contributed by atoms with Crippen molar-refractivity contribution in [2.24, 2.45) is 11.1 Å². The molecular formula is C14H21NO. The van der Waals surface area contributed by atoms with Crippen LogP contribution < -0.4 is 10.5 Å². The summed E-state index contributed by atoms with van der Waals surface area (Å²) in [5.41, 5.74) is 8.98. The number of hydrogen-bond donors (Lipinski definition) is 1. The Bertz CT molecular complexity index is 369. The molecule has 0 bridgehead atoms. The molecule has 0 amide bonds. The molecule has 0 saturated heterocycles. The minimum absolute atomic E-state index is 0.415. The second-order valence-electron chi connectivity index (χ2n) is 4.90. The number of rotatable bonds is 5. The van der Waals surface area contributed by atoms with Gasteiger partial charge in [-0.15, -0.1) is 0 Å². The average Bonchev–Trinajstić information content (AvgIpc) is 3.03. The van der Waals surface area contributed by atoms with E-state index in [0.717, 1.165) is 25.3 Å². The predicted molar refractivity (Wildman–Crippen MR) is 66.8 cm³/mol. The lowest BCUT2D eigenvalue weighted by molar-refractivity contribution is 0.340. The van der Waals surface area contributed by atoms with Gasteiger partial charge in [0.05, 0.1) is 6.61 Å². The van der Waals surface area contributed by atoms with Crippen LogP contribution in [-0.2, 0) is 6.42 Å². The molecule has 1 aliphatic carbocycles. The maximum Gasteiger partial charge on any atom is 0.119 e. The Balaban J connectivity index is 2.10. The first-order valence-corrected chi connectivity index (χ1v) is 6.11. The second kappa shape index (κ2) is 4.46. The predicted octanol–water partition coefficient (Wildman–Crippen LogP) is 2.68. The molecule has 16 heavy (non-hydrogen) atoms. The average molecular weight is 219 g/mol. The van der Waals surface area contributed by atoms with Crippen molar-refractivity contribution in [1.82, 2.24) is 0 Å². The highest BCUT2D eigenvalue weighted by atomic mass is 16.5. The van der Waals surface area contributed by atoms with Crippen LogP contribution in [0.2, 0.25) is 0 Å². The van der Waals surface area contributed by atoms with Crippen LogP contribution >= 0.6 is 0 Å². The van der Waals surface area contributed by atoms with Crippen LogP contribution in [0.15, 0.2) is 18.2 Å². The first-order valence-electron chi connectivity index (χ1n) is 6.11. The van der Waals surface area contributed by atoms with E-state index in [2.05, 4.69) is 25.1 Å². The third-order valence-electron chi connectivity index (χ3n) is 3.58. The quantitative estimate of drug-likeness (QED) is 0.826. The van der Waals surface area contributed by atoms with Gasteiger partial charge in [0.15, 0.2) is 0 Å². The fourth-order valence-corrected chi connectivity index (χ4v) is 2.16. The second-order valence-corrected chi connectivity index (χ2v) is 4.90. The third kappa shape index (κ3) is 2.38. The van der Waals surface area contributed by atoms with E-state index in [1.165, 1.54) is 24.0 Å². The molecule has 2 nitrogen and oxygen atoms in total. The van der Waals surface area contributed by atoms with Crippen molar-refractivity contribution in [3.8, 4) is 5.75 Å². The first kappa shape index (κ1) is 11.5. The van der Waals surface area contributed by atoms with E-state index in [4.69, 9.17) is 10.5 Å². The summed E-state index contributed by atoms with van der Waals surface area (Å²) in [5, 5.41) is 0. The number of benzene rings is 1. The van der Waals surface area contributed by atoms with Crippen LogP contribution in [0.5, 0.6) is 5.75 Å². The molecule has 1 aromatic carbocycles. The van der Waals surface area contributed by atoms with Crippen molar-refractivity contribution in [2.45, 2.75) is 33.1 Å². The van der Waals surface area contributed by atoms with Gasteiger partial charge in [-0.2, -0.15) is 0 Å². The highest BCUT2D eigenvalue weighted by Crippen LogP contribution is 2.47. The Morgan fingerprint density at radius 2 is 2.12 bits per heavy atom. The van der Waals surface area contributed by atoms with E-state index in [1.54, 1.807) is 0 Å². The molecule has 0 unspecified atom stereocenters. The smallest absolute Gasteiger partial charge is 0.119 e. The van der Waals surface area contributed by atoms with E-state index >= 15 is 0 Å². The van der Waals surface area contributed by atoms with Crippen molar-refractivity contribution in [3.05, 3.63) is 29.3 Å². The van der Waals surface area contributed by atoms with Gasteiger partial charge in [-0.05, 0) is 68.3 Å². The van der Waals surface area contributed by atoms with Crippen LogP contribution in [0.4, 0.5) is 0 Å². The molecule has 0 aliphatic heterocycles. The van der Waals surface area contributed by atoms with E-state index in [0.29, 0.717) is 5.41 Å². The largest absolute Gasteiger partial charge is 0.494 e. The van der Waals surface area contributed by atoms with Crippen molar-refractivity contribution < 1.29 is 4.74 Å². The van der Waals surface area contributed by atoms with E-state index in [-0.39, 0.29) is 0 Å². The summed E-state index contributed by atoms with van der Waals surface area (Å²) in [5.74, 6) is 0.973. The monoisotopic (exact) mass is 219 g/mol. The summed E-state index contributed by atoms with van der Waals surface area (Å²) in [4.78, 5) is 0. The minimum atomic E-state index is 0.415. The number of nitrogens with two attached hydrogens (primary N) is 1. The van der Waals surface area contributed by atoms with Gasteiger partial charge in [0.2, 0.25) is 0 Å². The lowest BCUT2D eigenvalue weighted by atomic mass is 9.94. The van der Waals surface area contributed by atoms with Gasteiger partial charge >= 0.3 is 0 Å². The first-order chi connectivity index (χ1) is 7.69. The van der Waals surface area contributed by atoms with E-state index < -0.39 is 0 Å². The third-order valence-corrected chi connectivity index (χ3v) is 3.58. The van der Waals surface area contributed by atoms with Gasteiger partial charge in [-0.3, -0.25) is 0 Å². The molecular weight excluding hydrogens is 198 g/mol. The molecule has 1 aromatic rings. The standard InChI is InChI=1S/C14H21NO/c1-3-16-13-5-4-12(11(2)8-13)9-14(10-15)6-7-14/h4-5,8H,3,6-7,9-10,15H2,1-2H3. The van der Waals surface area contributed by atoms with Crippen molar-refractivity contribution in [3.63, 3.8) is 0 Å². The lowest BCUT2D eigenvalue weighted by Crippen LogP contribution is -2.18. The summed E-state index contributed by atoms with van der Waals surface area (Å²) in [6.07, 6.45) is 3.70. The molecule has 1 fully saturated rings. The van der Waals surface area contributed by atoms with Gasteiger partial charge < -0.3 is 10.5 Å². The van der Waals surface area contributed by atoms with Crippen LogP contribution in [0, 0.1) is 12.3 Å². The van der Waals surface area contributed by atoms with Crippen molar-refractivity contribution in [2.75, 3.05) is 13.2 Å². The topological polar surface area (TPSA) is 35.2 Å². The Hall–Kier alpha value is -1.02. The van der Waals surface area contributed by atoms with Crippen molar-refractivity contribution >= 4 is 0 Å². The Labute approximate surface area is 97.8 Å². The lowest BCUT2D eigenvalue weighted by Gasteiger charge is -2.15. The molecule has 0 spiro atoms. The van der Waals surface area contributed by atoms with Crippen molar-refractivity contribution in [1.29, 1.82) is 0 Å². The van der Waals surface area contributed by atoms with Gasteiger partial charge in [0.1, 0.15) is 5.75 Å². The molecule has 0 aromatic heterocycles. The van der Waals surface area contributed by atoms with Gasteiger partial charge in [0.25, 0.3) is 0 Å². The Morgan fingerprint density at radius 3 is 2.62 bits per heavy atom. The van der Waals surface area contributed by atoms with E-state index in [1.807, 2.05) is 6.92 Å². The van der Waals surface area contributed by atoms with Crippen LogP contribution in [0.25, 0.3) is 0 Å². The molecule has 1 aliphatic rings. The molecule has 0 atom stereocenters. The van der Waals surface area contributed by atoms with Crippen LogP contribution in [0.3, 0.4) is 0 Å². The maximum absolute atomic E-state index is 5.82. The molecule has 2 rings (SSSR count). The Morgan fingerprint density at radius 1 is 1.38 bits per heavy atom. The molecule has 0 heterocycles. The molecule has 88 valence electrons. The fraction of sp³-hybridized carbons (Fsp3) is 0.571. The summed E-state index contributed by atoms with van der Waals surface area (Å²) in [6, 6.07) is 6.39. The number of ether oxygens (including phenoxy) is 1. The molecule has 2 N–H and O–H groups in total. The zero-order valence-electron chi connectivity index (χ0n) is 10.3. The molecule has 2 heteroatoms. The number of hydrogen-bond acceptors (Lipinski definition) is 2. The molecule has 0 radical (unpaired) electrons. The summed E-state index contributed by atoms with van der Waals surface area (Å²) < 4.78 is 5.49. The maximum atomic E-state index is 5.82. The summed E-state index contributed by atoms with van der Waals surface area (Å²) in [7, 11) is 0. The highest BCUT2D eigenvalue weighted by Gasteiger charge is 2.41. The van der Waals surface area contributed by atoms with Gasteiger partial charge in [-0.1, -0.05) is 6.07 Å². The zero-order valence-corrected chi connectivity index (χ0v) is 10.3. The normalized spacial score (nSPS) is 17.2. The fourth-order valence-electron chi connectivity index (χ4n) is 2.16. The van der Waals surface area contributed by atoms with Gasteiger partial charge in [-0.25, -0.2) is 0 Å². The SMILES string of the molecule is CCOc1ccc(CC2(CN)CC2)c(C)c1. The molecule has 1 saturated carbocycles. The minimum Gasteiger partial charge on any atom is -0.494 e. The summed E-state index contributed by atoms with van der Waals surface area (Å²) in [6.45, 7) is 5.71. The number of aryl methyl sites for hydroxylation is 1. The van der Waals surface area contributed by atoms with Crippen LogP contribution in [0.1, 0.15) is 30.9 Å². The van der Waals surface area contributed by atoms with Gasteiger partial charge in [0, 0.05) is 0 Å². The van der Waals surface area contributed by atoms with Crippen LogP contribution in [-0.4, -0.2) is 13.2 Å². The highest BCUT2D eigenvalue weighted by molar-refractivity contribution is 5.36. The zero-order chi connectivity index (χ0) is 11.6. The van der Waals surface area contributed by atoms with E-state index in [9.17, 15) is 0 Å². The summed E-state index contributed by atoms with van der Waals surface area (Å²) >= 11 is 0. The Kier molecular flexibility index (Phi) is 3.20.